The Balaban J connectivity index is 1.76. The molecule has 0 aliphatic carbocycles. The molecule has 0 aromatic heterocycles. The van der Waals surface area contributed by atoms with Gasteiger partial charge in [-0.15, -0.1) is 0 Å². The standard InChI is InChI=1S/C34H46N10O3/c35-27(13-7-19-40-33(36)37)30(45)43-28(14-8-20-41-34(38)39)32(47)44-29(31(46)42-22-24-9-3-1-4-10-24)21-23-15-17-26(18-16-23)25-11-5-2-6-12-25/h1-6,9-12,15-18,27-29H,7-8,13-14,19-22,35H2,(H,42,46)(H,43,45)(H,44,47)(H4,36,37,40)(H4,38,39,41)/t27-,28-,29-/m0/s1. The molecule has 3 rings (SSSR count). The van der Waals surface area contributed by atoms with Gasteiger partial charge in [0.25, 0.3) is 0 Å². The minimum atomic E-state index is -0.995. The first-order chi connectivity index (χ1) is 22.6. The molecule has 0 fully saturated rings. The Hall–Kier alpha value is -5.43. The van der Waals surface area contributed by atoms with E-state index in [1.54, 1.807) is 0 Å². The van der Waals surface area contributed by atoms with E-state index in [1.807, 2.05) is 84.9 Å². The predicted molar refractivity (Wildman–Crippen MR) is 186 cm³/mol. The van der Waals surface area contributed by atoms with Gasteiger partial charge in [0, 0.05) is 26.1 Å². The summed E-state index contributed by atoms with van der Waals surface area (Å²) in [7, 11) is 0. The second-order valence-corrected chi connectivity index (χ2v) is 11.1. The average Bonchev–Trinajstić information content (AvgIpc) is 3.07. The number of nitrogens with zero attached hydrogens (tertiary/aromatic N) is 2. The lowest BCUT2D eigenvalue weighted by Crippen LogP contribution is -2.56. The number of hydrogen-bond donors (Lipinski definition) is 8. The molecule has 13 heteroatoms. The monoisotopic (exact) mass is 642 g/mol. The lowest BCUT2D eigenvalue weighted by molar-refractivity contribution is -0.132. The van der Waals surface area contributed by atoms with Crippen LogP contribution in [0.25, 0.3) is 11.1 Å². The number of aliphatic imine (C=N–C) groups is 2. The zero-order valence-electron chi connectivity index (χ0n) is 26.5. The van der Waals surface area contributed by atoms with Crippen molar-refractivity contribution in [2.45, 2.75) is 56.8 Å². The molecule has 47 heavy (non-hydrogen) atoms. The molecule has 0 bridgehead atoms. The van der Waals surface area contributed by atoms with Crippen LogP contribution in [-0.2, 0) is 27.3 Å². The van der Waals surface area contributed by atoms with Gasteiger partial charge in [-0.1, -0.05) is 84.9 Å². The van der Waals surface area contributed by atoms with Gasteiger partial charge in [0.2, 0.25) is 17.7 Å². The number of amides is 3. The molecule has 0 spiro atoms. The second kappa shape index (κ2) is 19.2. The SMILES string of the molecule is NC(N)=NCCC[C@H](NC(=O)[C@@H](N)CCCN=C(N)N)C(=O)N[C@@H](Cc1ccc(-c2ccccc2)cc1)C(=O)NCc1ccccc1. The second-order valence-electron chi connectivity index (χ2n) is 11.1. The van der Waals surface area contributed by atoms with Crippen molar-refractivity contribution in [3.63, 3.8) is 0 Å². The average molecular weight is 643 g/mol. The molecule has 0 saturated carbocycles. The molecule has 0 saturated heterocycles. The predicted octanol–water partition coefficient (Wildman–Crippen LogP) is 0.617. The van der Waals surface area contributed by atoms with Crippen LogP contribution < -0.4 is 44.6 Å². The van der Waals surface area contributed by atoms with E-state index in [-0.39, 0.29) is 43.8 Å². The first-order valence-corrected chi connectivity index (χ1v) is 15.6. The van der Waals surface area contributed by atoms with Crippen LogP contribution in [0, 0.1) is 0 Å². The Kier molecular flexibility index (Phi) is 14.7. The largest absolute Gasteiger partial charge is 0.370 e. The first-order valence-electron chi connectivity index (χ1n) is 15.6. The highest BCUT2D eigenvalue weighted by Gasteiger charge is 2.28. The number of nitrogens with one attached hydrogen (secondary N) is 3. The summed E-state index contributed by atoms with van der Waals surface area (Å²) in [5.41, 5.74) is 31.6. The molecule has 0 unspecified atom stereocenters. The smallest absolute Gasteiger partial charge is 0.243 e. The molecule has 13 N–H and O–H groups in total. The van der Waals surface area contributed by atoms with E-state index in [1.165, 1.54) is 0 Å². The van der Waals surface area contributed by atoms with Gasteiger partial charge in [-0.2, -0.15) is 0 Å². The third kappa shape index (κ3) is 13.2. The maximum Gasteiger partial charge on any atom is 0.243 e. The fourth-order valence-corrected chi connectivity index (χ4v) is 4.79. The highest BCUT2D eigenvalue weighted by molar-refractivity contribution is 5.93. The Morgan fingerprint density at radius 2 is 1.13 bits per heavy atom. The van der Waals surface area contributed by atoms with E-state index >= 15 is 0 Å². The van der Waals surface area contributed by atoms with Crippen LogP contribution in [0.15, 0.2) is 94.9 Å². The summed E-state index contributed by atoms with van der Waals surface area (Å²) in [6.07, 6.45) is 1.59. The van der Waals surface area contributed by atoms with Crippen molar-refractivity contribution in [1.29, 1.82) is 0 Å². The lowest BCUT2D eigenvalue weighted by atomic mass is 9.99. The van der Waals surface area contributed by atoms with Crippen molar-refractivity contribution in [1.82, 2.24) is 16.0 Å². The molecule has 13 nitrogen and oxygen atoms in total. The van der Waals surface area contributed by atoms with E-state index in [4.69, 9.17) is 28.7 Å². The Labute approximate surface area is 275 Å². The summed E-state index contributed by atoms with van der Waals surface area (Å²) in [4.78, 5) is 48.1. The van der Waals surface area contributed by atoms with E-state index < -0.39 is 29.9 Å². The van der Waals surface area contributed by atoms with Crippen molar-refractivity contribution >= 4 is 29.6 Å². The number of hydrogen-bond acceptors (Lipinski definition) is 6. The third-order valence-electron chi connectivity index (χ3n) is 7.33. The van der Waals surface area contributed by atoms with Crippen LogP contribution in [0.5, 0.6) is 0 Å². The van der Waals surface area contributed by atoms with Gasteiger partial charge in [-0.3, -0.25) is 24.4 Å². The Bertz CT molecular complexity index is 1470. The molecule has 250 valence electrons. The molecule has 0 radical (unpaired) electrons. The zero-order chi connectivity index (χ0) is 34.0. The minimum absolute atomic E-state index is 0.0463. The Morgan fingerprint density at radius 1 is 0.596 bits per heavy atom. The summed E-state index contributed by atoms with van der Waals surface area (Å²) in [5.74, 6) is -1.53. The molecule has 3 amide bonds. The normalized spacial score (nSPS) is 12.5. The van der Waals surface area contributed by atoms with Crippen molar-refractivity contribution in [3.05, 3.63) is 96.1 Å². The summed E-state index contributed by atoms with van der Waals surface area (Å²) >= 11 is 0. The van der Waals surface area contributed by atoms with Gasteiger partial charge in [0.05, 0.1) is 6.04 Å². The van der Waals surface area contributed by atoms with Crippen LogP contribution in [0.1, 0.15) is 36.8 Å². The molecular formula is C34H46N10O3. The van der Waals surface area contributed by atoms with E-state index in [9.17, 15) is 14.4 Å². The van der Waals surface area contributed by atoms with Crippen molar-refractivity contribution in [2.24, 2.45) is 38.7 Å². The fourth-order valence-electron chi connectivity index (χ4n) is 4.79. The number of rotatable bonds is 18. The minimum Gasteiger partial charge on any atom is -0.370 e. The summed E-state index contributed by atoms with van der Waals surface area (Å²) in [6.45, 7) is 0.853. The van der Waals surface area contributed by atoms with Crippen LogP contribution in [-0.4, -0.2) is 60.9 Å². The molecule has 3 atom stereocenters. The van der Waals surface area contributed by atoms with Crippen molar-refractivity contribution in [2.75, 3.05) is 13.1 Å². The number of carbonyl (C=O) groups excluding carboxylic acids is 3. The highest BCUT2D eigenvalue weighted by Crippen LogP contribution is 2.20. The summed E-state index contributed by atoms with van der Waals surface area (Å²) in [5, 5.41) is 8.54. The number of carbonyl (C=O) groups is 3. The summed E-state index contributed by atoms with van der Waals surface area (Å²) in [6, 6.07) is 24.4. The van der Waals surface area contributed by atoms with E-state index in [2.05, 4.69) is 25.9 Å². The Morgan fingerprint density at radius 3 is 1.72 bits per heavy atom. The van der Waals surface area contributed by atoms with Crippen molar-refractivity contribution in [3.8, 4) is 11.1 Å². The van der Waals surface area contributed by atoms with Crippen LogP contribution in [0.4, 0.5) is 0 Å². The van der Waals surface area contributed by atoms with E-state index in [0.717, 1.165) is 22.3 Å². The van der Waals surface area contributed by atoms with Crippen LogP contribution in [0.2, 0.25) is 0 Å². The van der Waals surface area contributed by atoms with Gasteiger partial charge in [-0.25, -0.2) is 0 Å². The summed E-state index contributed by atoms with van der Waals surface area (Å²) < 4.78 is 0. The quantitative estimate of drug-likeness (QED) is 0.0554. The van der Waals surface area contributed by atoms with Crippen LogP contribution >= 0.6 is 0 Å². The third-order valence-corrected chi connectivity index (χ3v) is 7.33. The first kappa shape index (κ1) is 36.0. The zero-order valence-corrected chi connectivity index (χ0v) is 26.5. The highest BCUT2D eigenvalue weighted by atomic mass is 16.2. The number of guanidine groups is 2. The van der Waals surface area contributed by atoms with Gasteiger partial charge in [0.1, 0.15) is 12.1 Å². The van der Waals surface area contributed by atoms with Gasteiger partial charge < -0.3 is 44.6 Å². The molecule has 3 aromatic rings. The maximum atomic E-state index is 13.7. The molecule has 0 aliphatic heterocycles. The fraction of sp³-hybridized carbons (Fsp3) is 0.324. The van der Waals surface area contributed by atoms with Crippen molar-refractivity contribution < 1.29 is 14.4 Å². The molecule has 3 aromatic carbocycles. The molecule has 0 aliphatic rings. The maximum absolute atomic E-state index is 13.7. The molecular weight excluding hydrogens is 596 g/mol. The van der Waals surface area contributed by atoms with Gasteiger partial charge in [0.15, 0.2) is 11.9 Å². The van der Waals surface area contributed by atoms with Gasteiger partial charge in [-0.05, 0) is 47.9 Å². The molecule has 0 heterocycles. The van der Waals surface area contributed by atoms with E-state index in [0.29, 0.717) is 25.8 Å². The van der Waals surface area contributed by atoms with Crippen LogP contribution in [0.3, 0.4) is 0 Å². The number of benzene rings is 3. The number of nitrogens with two attached hydrogens (primary N) is 5. The van der Waals surface area contributed by atoms with Gasteiger partial charge >= 0.3 is 0 Å². The lowest BCUT2D eigenvalue weighted by Gasteiger charge is -2.24. The topological polar surface area (TPSA) is 242 Å².